The third-order valence-electron chi connectivity index (χ3n) is 6.28. The van der Waals surface area contributed by atoms with Gasteiger partial charge in [-0.25, -0.2) is 8.42 Å². The number of rotatable bonds is 7. The molecule has 1 unspecified atom stereocenters. The fraction of sp³-hybridized carbons (Fsp3) is 0.143. The second kappa shape index (κ2) is 10.3. The molecule has 5 nitrogen and oxygen atoms in total. The monoisotopic (exact) mass is 616 g/mol. The van der Waals surface area contributed by atoms with E-state index in [0.717, 1.165) is 31.8 Å². The Hall–Kier alpha value is -2.55. The molecule has 1 aromatic heterocycles. The molecular formula is C28H23BrCl2N2O3S. The van der Waals surface area contributed by atoms with Gasteiger partial charge in [-0.2, -0.15) is 0 Å². The van der Waals surface area contributed by atoms with E-state index in [9.17, 15) is 13.5 Å². The standard InChI is InChI=1S/C28H23BrCl2N2O3S/c1-18-2-10-24(11-3-18)37(35,36)33(22-8-4-19(29)5-9-22)17-23(34)16-32-27-12-6-20(30)14-25(27)26-15-21(31)7-13-28(26)32/h2-15,23,34H,16-17H2,1H3. The van der Waals surface area contributed by atoms with Crippen molar-refractivity contribution in [2.24, 2.45) is 0 Å². The molecule has 0 radical (unpaired) electrons. The maximum absolute atomic E-state index is 13.7. The maximum atomic E-state index is 13.7. The first-order valence-corrected chi connectivity index (χ1v) is 14.5. The highest BCUT2D eigenvalue weighted by atomic mass is 79.9. The summed E-state index contributed by atoms with van der Waals surface area (Å²) in [4.78, 5) is 0.161. The Kier molecular flexibility index (Phi) is 7.27. The molecule has 9 heteroatoms. The Morgan fingerprint density at radius 3 is 1.95 bits per heavy atom. The van der Waals surface area contributed by atoms with Gasteiger partial charge in [0.2, 0.25) is 0 Å². The SMILES string of the molecule is Cc1ccc(S(=O)(=O)N(CC(O)Cn2c3ccc(Cl)cc3c3cc(Cl)ccc32)c2ccc(Br)cc2)cc1. The van der Waals surface area contributed by atoms with Gasteiger partial charge >= 0.3 is 0 Å². The van der Waals surface area contributed by atoms with Gasteiger partial charge in [0.25, 0.3) is 10.0 Å². The van der Waals surface area contributed by atoms with Crippen molar-refractivity contribution in [1.29, 1.82) is 0 Å². The van der Waals surface area contributed by atoms with Crippen LogP contribution in [0, 0.1) is 6.92 Å². The molecule has 0 aliphatic carbocycles. The normalized spacial score (nSPS) is 12.8. The van der Waals surface area contributed by atoms with Crippen molar-refractivity contribution in [3.63, 3.8) is 0 Å². The third-order valence-corrected chi connectivity index (χ3v) is 9.09. The summed E-state index contributed by atoms with van der Waals surface area (Å²) in [6.45, 7) is 1.93. The number of hydrogen-bond donors (Lipinski definition) is 1. The van der Waals surface area contributed by atoms with E-state index in [4.69, 9.17) is 23.2 Å². The van der Waals surface area contributed by atoms with Crippen LogP contribution >= 0.6 is 39.1 Å². The van der Waals surface area contributed by atoms with Gasteiger partial charge in [0.15, 0.2) is 0 Å². The van der Waals surface area contributed by atoms with Gasteiger partial charge in [-0.05, 0) is 79.7 Å². The van der Waals surface area contributed by atoms with Crippen LogP contribution in [-0.4, -0.2) is 30.7 Å². The minimum atomic E-state index is -3.94. The lowest BCUT2D eigenvalue weighted by Gasteiger charge is -2.27. The van der Waals surface area contributed by atoms with Gasteiger partial charge in [0.05, 0.1) is 29.8 Å². The molecular weight excluding hydrogens is 595 g/mol. The molecule has 0 aliphatic rings. The molecule has 1 heterocycles. The number of aromatic nitrogens is 1. The molecule has 0 amide bonds. The molecule has 5 rings (SSSR count). The lowest BCUT2D eigenvalue weighted by atomic mass is 10.1. The van der Waals surface area contributed by atoms with E-state index in [1.807, 2.05) is 35.8 Å². The van der Waals surface area contributed by atoms with E-state index >= 15 is 0 Å². The number of halogens is 3. The molecule has 0 fully saturated rings. The molecule has 37 heavy (non-hydrogen) atoms. The summed E-state index contributed by atoms with van der Waals surface area (Å²) in [5.74, 6) is 0. The number of benzene rings is 4. The van der Waals surface area contributed by atoms with E-state index in [0.29, 0.717) is 15.7 Å². The zero-order valence-corrected chi connectivity index (χ0v) is 23.7. The van der Waals surface area contributed by atoms with Crippen LogP contribution in [-0.2, 0) is 16.6 Å². The Bertz CT molecular complexity index is 1640. The van der Waals surface area contributed by atoms with Crippen LogP contribution in [0.1, 0.15) is 5.56 Å². The molecule has 5 aromatic rings. The van der Waals surface area contributed by atoms with Crippen molar-refractivity contribution in [3.8, 4) is 0 Å². The van der Waals surface area contributed by atoms with Crippen molar-refractivity contribution in [2.45, 2.75) is 24.5 Å². The van der Waals surface area contributed by atoms with E-state index in [1.165, 1.54) is 4.31 Å². The van der Waals surface area contributed by atoms with E-state index in [-0.39, 0.29) is 18.0 Å². The van der Waals surface area contributed by atoms with Crippen LogP contribution in [0.5, 0.6) is 0 Å². The highest BCUT2D eigenvalue weighted by Crippen LogP contribution is 2.33. The smallest absolute Gasteiger partial charge is 0.264 e. The highest BCUT2D eigenvalue weighted by molar-refractivity contribution is 9.10. The Morgan fingerprint density at radius 2 is 1.41 bits per heavy atom. The largest absolute Gasteiger partial charge is 0.389 e. The first kappa shape index (κ1) is 26.1. The zero-order chi connectivity index (χ0) is 26.3. The average molecular weight is 618 g/mol. The van der Waals surface area contributed by atoms with Crippen molar-refractivity contribution in [1.82, 2.24) is 4.57 Å². The van der Waals surface area contributed by atoms with E-state index in [2.05, 4.69) is 15.9 Å². The van der Waals surface area contributed by atoms with Gasteiger partial charge in [-0.15, -0.1) is 0 Å². The minimum absolute atomic E-state index is 0.139. The molecule has 1 atom stereocenters. The highest BCUT2D eigenvalue weighted by Gasteiger charge is 2.28. The van der Waals surface area contributed by atoms with E-state index in [1.54, 1.807) is 60.7 Å². The van der Waals surface area contributed by atoms with Gasteiger partial charge in [-0.1, -0.05) is 56.8 Å². The van der Waals surface area contributed by atoms with Crippen molar-refractivity contribution in [2.75, 3.05) is 10.8 Å². The summed E-state index contributed by atoms with van der Waals surface area (Å²) >= 11 is 15.9. The van der Waals surface area contributed by atoms with Crippen LogP contribution in [0.4, 0.5) is 5.69 Å². The second-order valence-corrected chi connectivity index (χ2v) is 12.6. The van der Waals surface area contributed by atoms with E-state index < -0.39 is 16.1 Å². The molecule has 190 valence electrons. The van der Waals surface area contributed by atoms with Crippen LogP contribution < -0.4 is 4.31 Å². The zero-order valence-electron chi connectivity index (χ0n) is 19.8. The molecule has 0 spiro atoms. The Morgan fingerprint density at radius 1 is 0.865 bits per heavy atom. The van der Waals surface area contributed by atoms with Crippen molar-refractivity contribution in [3.05, 3.63) is 105 Å². The summed E-state index contributed by atoms with van der Waals surface area (Å²) in [5, 5.41) is 14.3. The van der Waals surface area contributed by atoms with Crippen LogP contribution in [0.25, 0.3) is 21.8 Å². The van der Waals surface area contributed by atoms with Crippen LogP contribution in [0.3, 0.4) is 0 Å². The number of fused-ring (bicyclic) bond motifs is 3. The molecule has 0 aliphatic heterocycles. The summed E-state index contributed by atoms with van der Waals surface area (Å²) in [6, 6.07) is 24.8. The molecule has 0 saturated carbocycles. The predicted molar refractivity (Wildman–Crippen MR) is 155 cm³/mol. The summed E-state index contributed by atoms with van der Waals surface area (Å²) in [7, 11) is -3.94. The van der Waals surface area contributed by atoms with Crippen LogP contribution in [0.2, 0.25) is 10.0 Å². The number of aryl methyl sites for hydroxylation is 1. The minimum Gasteiger partial charge on any atom is -0.389 e. The fourth-order valence-corrected chi connectivity index (χ4v) is 6.60. The number of anilines is 1. The maximum Gasteiger partial charge on any atom is 0.264 e. The van der Waals surface area contributed by atoms with Crippen LogP contribution in [0.15, 0.2) is 94.3 Å². The van der Waals surface area contributed by atoms with Gasteiger partial charge in [0, 0.05) is 36.3 Å². The number of aliphatic hydroxyl groups is 1. The Balaban J connectivity index is 1.54. The third kappa shape index (κ3) is 5.24. The summed E-state index contributed by atoms with van der Waals surface area (Å²) in [5.41, 5.74) is 3.17. The molecule has 0 saturated heterocycles. The number of aliphatic hydroxyl groups excluding tert-OH is 1. The molecule has 1 N–H and O–H groups in total. The van der Waals surface area contributed by atoms with Gasteiger partial charge < -0.3 is 9.67 Å². The van der Waals surface area contributed by atoms with Crippen molar-refractivity contribution >= 4 is 76.6 Å². The lowest BCUT2D eigenvalue weighted by Crippen LogP contribution is -2.39. The summed E-state index contributed by atoms with van der Waals surface area (Å²) < 4.78 is 31.5. The molecule has 0 bridgehead atoms. The van der Waals surface area contributed by atoms with Crippen molar-refractivity contribution < 1.29 is 13.5 Å². The first-order chi connectivity index (χ1) is 17.6. The quantitative estimate of drug-likeness (QED) is 0.207. The summed E-state index contributed by atoms with van der Waals surface area (Å²) in [6.07, 6.45) is -1.02. The van der Waals surface area contributed by atoms with Gasteiger partial charge in [-0.3, -0.25) is 4.31 Å². The average Bonchev–Trinajstić information content (AvgIpc) is 3.15. The predicted octanol–water partition coefficient (Wildman–Crippen LogP) is 7.43. The topological polar surface area (TPSA) is 62.5 Å². The van der Waals surface area contributed by atoms with Gasteiger partial charge in [0.1, 0.15) is 0 Å². The molecule has 4 aromatic carbocycles. The fourth-order valence-electron chi connectivity index (χ4n) is 4.49. The lowest BCUT2D eigenvalue weighted by molar-refractivity contribution is 0.166. The number of sulfonamides is 1. The second-order valence-electron chi connectivity index (χ2n) is 8.91. The number of nitrogens with zero attached hydrogens (tertiary/aromatic N) is 2. The first-order valence-electron chi connectivity index (χ1n) is 11.5. The Labute approximate surface area is 234 Å². The number of hydrogen-bond acceptors (Lipinski definition) is 3.